The molecule has 176 valence electrons. The Balaban J connectivity index is 1.63. The van der Waals surface area contributed by atoms with E-state index in [1.54, 1.807) is 0 Å². The first-order chi connectivity index (χ1) is 17.9. The molecular formula is C34H29NS. The molecule has 0 aliphatic carbocycles. The van der Waals surface area contributed by atoms with Crippen LogP contribution >= 0.6 is 11.8 Å². The summed E-state index contributed by atoms with van der Waals surface area (Å²) in [5.41, 5.74) is 6.69. The van der Waals surface area contributed by atoms with E-state index in [9.17, 15) is 0 Å². The Kier molecular flexibility index (Phi) is 6.46. The van der Waals surface area contributed by atoms with Crippen molar-refractivity contribution in [1.29, 1.82) is 0 Å². The minimum atomic E-state index is -0.279. The molecule has 5 aromatic rings. The maximum Gasteiger partial charge on any atom is 0.0873 e. The predicted molar refractivity (Wildman–Crippen MR) is 152 cm³/mol. The van der Waals surface area contributed by atoms with E-state index < -0.39 is 0 Å². The fraction of sp³-hybridized carbons (Fsp3) is 0.118. The predicted octanol–water partition coefficient (Wildman–Crippen LogP) is 8.62. The van der Waals surface area contributed by atoms with Crippen LogP contribution in [0, 0.1) is 0 Å². The first-order valence-corrected chi connectivity index (χ1v) is 13.4. The first-order valence-electron chi connectivity index (χ1n) is 12.5. The summed E-state index contributed by atoms with van der Waals surface area (Å²) in [5.74, 6) is 0. The van der Waals surface area contributed by atoms with Gasteiger partial charge >= 0.3 is 0 Å². The van der Waals surface area contributed by atoms with Crippen LogP contribution in [0.15, 0.2) is 152 Å². The number of rotatable bonds is 6. The lowest BCUT2D eigenvalue weighted by Crippen LogP contribution is -2.35. The fourth-order valence-corrected chi connectivity index (χ4v) is 7.50. The maximum atomic E-state index is 2.71. The van der Waals surface area contributed by atoms with Crippen LogP contribution in [0.5, 0.6) is 0 Å². The zero-order chi connectivity index (χ0) is 24.2. The number of hydrogen-bond donors (Lipinski definition) is 0. The second-order valence-corrected chi connectivity index (χ2v) is 10.6. The molecule has 0 aromatic heterocycles. The molecule has 0 unspecified atom stereocenters. The molecule has 1 saturated heterocycles. The third kappa shape index (κ3) is 4.17. The molecule has 6 rings (SSSR count). The highest BCUT2D eigenvalue weighted by atomic mass is 32.2. The van der Waals surface area contributed by atoms with E-state index in [1.165, 1.54) is 27.8 Å². The Hall–Kier alpha value is -3.59. The smallest absolute Gasteiger partial charge is 0.0873 e. The Labute approximate surface area is 218 Å². The summed E-state index contributed by atoms with van der Waals surface area (Å²) >= 11 is 2.07. The molecule has 0 saturated carbocycles. The van der Waals surface area contributed by atoms with Gasteiger partial charge in [-0.05, 0) is 27.8 Å². The lowest BCUT2D eigenvalue weighted by Gasteiger charge is -2.39. The van der Waals surface area contributed by atoms with Gasteiger partial charge in [-0.15, -0.1) is 11.8 Å². The number of hydrogen-bond acceptors (Lipinski definition) is 2. The van der Waals surface area contributed by atoms with Gasteiger partial charge in [-0.1, -0.05) is 152 Å². The molecule has 1 heterocycles. The van der Waals surface area contributed by atoms with Gasteiger partial charge in [-0.2, -0.15) is 0 Å². The molecule has 0 N–H and O–H groups in total. The van der Waals surface area contributed by atoms with Gasteiger partial charge in [0.25, 0.3) is 0 Å². The molecule has 0 amide bonds. The van der Waals surface area contributed by atoms with Gasteiger partial charge in [0, 0.05) is 6.54 Å². The highest BCUT2D eigenvalue weighted by molar-refractivity contribution is 8.00. The van der Waals surface area contributed by atoms with Crippen molar-refractivity contribution in [1.82, 2.24) is 4.90 Å². The molecular weight excluding hydrogens is 454 g/mol. The molecule has 1 fully saturated rings. The second kappa shape index (κ2) is 10.2. The van der Waals surface area contributed by atoms with Crippen LogP contribution in [0.2, 0.25) is 0 Å². The average Bonchev–Trinajstić information content (AvgIpc) is 3.31. The second-order valence-electron chi connectivity index (χ2n) is 9.32. The lowest BCUT2D eigenvalue weighted by atomic mass is 9.79. The Bertz CT molecular complexity index is 1330. The van der Waals surface area contributed by atoms with Crippen molar-refractivity contribution in [3.63, 3.8) is 0 Å². The minimum absolute atomic E-state index is 0.138. The Morgan fingerprint density at radius 3 is 1.42 bits per heavy atom. The van der Waals surface area contributed by atoms with E-state index in [1.807, 2.05) is 0 Å². The Morgan fingerprint density at radius 2 is 0.917 bits per heavy atom. The molecule has 1 nitrogen and oxygen atoms in total. The van der Waals surface area contributed by atoms with Gasteiger partial charge < -0.3 is 0 Å². The first kappa shape index (κ1) is 22.8. The van der Waals surface area contributed by atoms with Crippen LogP contribution in [-0.2, 0) is 11.3 Å². The van der Waals surface area contributed by atoms with Crippen LogP contribution in [0.4, 0.5) is 0 Å². The molecule has 2 atom stereocenters. The molecule has 5 aromatic carbocycles. The summed E-state index contributed by atoms with van der Waals surface area (Å²) in [6, 6.07) is 55.3. The summed E-state index contributed by atoms with van der Waals surface area (Å²) in [7, 11) is 0. The van der Waals surface area contributed by atoms with E-state index in [0.717, 1.165) is 6.54 Å². The van der Waals surface area contributed by atoms with Gasteiger partial charge in [0.05, 0.1) is 16.2 Å². The molecule has 0 bridgehead atoms. The molecule has 0 spiro atoms. The maximum absolute atomic E-state index is 2.71. The highest BCUT2D eigenvalue weighted by Gasteiger charge is 2.55. The van der Waals surface area contributed by atoms with E-state index >= 15 is 0 Å². The normalized spacial score (nSPS) is 19.2. The van der Waals surface area contributed by atoms with E-state index in [4.69, 9.17) is 0 Å². The minimum Gasteiger partial charge on any atom is -0.274 e. The van der Waals surface area contributed by atoms with Crippen LogP contribution < -0.4 is 0 Å². The lowest BCUT2D eigenvalue weighted by molar-refractivity contribution is 0.172. The summed E-state index contributed by atoms with van der Waals surface area (Å²) in [6.45, 7) is 0.869. The van der Waals surface area contributed by atoms with Crippen molar-refractivity contribution in [3.8, 4) is 0 Å². The zero-order valence-corrected chi connectivity index (χ0v) is 21.0. The summed E-state index contributed by atoms with van der Waals surface area (Å²) < 4.78 is -0.279. The number of nitrogens with zero attached hydrogens (tertiary/aromatic N) is 1. The van der Waals surface area contributed by atoms with E-state index in [-0.39, 0.29) is 16.2 Å². The summed E-state index contributed by atoms with van der Waals surface area (Å²) in [6.07, 6.45) is 0. The van der Waals surface area contributed by atoms with Gasteiger partial charge in [0.1, 0.15) is 0 Å². The third-order valence-corrected chi connectivity index (χ3v) is 8.96. The van der Waals surface area contributed by atoms with Gasteiger partial charge in [-0.25, -0.2) is 0 Å². The average molecular weight is 484 g/mol. The molecule has 0 radical (unpaired) electrons. The van der Waals surface area contributed by atoms with Crippen molar-refractivity contribution >= 4 is 11.8 Å². The molecule has 1 aliphatic heterocycles. The van der Waals surface area contributed by atoms with Crippen molar-refractivity contribution in [3.05, 3.63) is 179 Å². The van der Waals surface area contributed by atoms with Crippen molar-refractivity contribution < 1.29 is 0 Å². The van der Waals surface area contributed by atoms with E-state index in [2.05, 4.69) is 168 Å². The van der Waals surface area contributed by atoms with E-state index in [0.29, 0.717) is 0 Å². The van der Waals surface area contributed by atoms with Crippen LogP contribution in [0.3, 0.4) is 0 Å². The molecule has 2 heteroatoms. The Morgan fingerprint density at radius 1 is 0.500 bits per heavy atom. The van der Waals surface area contributed by atoms with Gasteiger partial charge in [0.15, 0.2) is 0 Å². The highest BCUT2D eigenvalue weighted by Crippen LogP contribution is 2.66. The molecule has 1 aliphatic rings. The van der Waals surface area contributed by atoms with Gasteiger partial charge in [-0.3, -0.25) is 4.90 Å². The fourth-order valence-electron chi connectivity index (χ4n) is 5.57. The molecule has 36 heavy (non-hydrogen) atoms. The monoisotopic (exact) mass is 483 g/mol. The number of thioether (sulfide) groups is 1. The van der Waals surface area contributed by atoms with Crippen molar-refractivity contribution in [2.24, 2.45) is 0 Å². The van der Waals surface area contributed by atoms with Crippen LogP contribution in [0.25, 0.3) is 0 Å². The van der Waals surface area contributed by atoms with Crippen LogP contribution in [0.1, 0.15) is 39.2 Å². The third-order valence-electron chi connectivity index (χ3n) is 7.13. The van der Waals surface area contributed by atoms with Crippen molar-refractivity contribution in [2.45, 2.75) is 22.7 Å². The zero-order valence-electron chi connectivity index (χ0n) is 20.2. The van der Waals surface area contributed by atoms with Crippen molar-refractivity contribution in [2.75, 3.05) is 0 Å². The number of benzene rings is 5. The summed E-state index contributed by atoms with van der Waals surface area (Å²) in [5, 5.41) is 0.192. The van der Waals surface area contributed by atoms with Gasteiger partial charge in [0.2, 0.25) is 0 Å². The largest absolute Gasteiger partial charge is 0.274 e. The SMILES string of the molecule is c1ccc(CN2[C@@H](c3ccccc3)SC(c3ccccc3)(c3ccccc3)[C@H]2c2ccccc2)cc1. The standard InChI is InChI=1S/C34H29NS/c1-6-16-27(17-7-1)26-35-32(28-18-8-2-9-19-28)34(30-22-12-4-13-23-30,31-24-14-5-15-25-31)36-33(35)29-20-10-3-11-21-29/h1-25,32-33H,26H2/t32-,33-/m1/s1. The summed E-state index contributed by atoms with van der Waals surface area (Å²) in [4.78, 5) is 2.71. The topological polar surface area (TPSA) is 3.24 Å². The van der Waals surface area contributed by atoms with Crippen LogP contribution in [-0.4, -0.2) is 4.90 Å². The quantitative estimate of drug-likeness (QED) is 0.238.